The van der Waals surface area contributed by atoms with E-state index in [2.05, 4.69) is 16.0 Å². The molecular formula is C19H34N4O8. The van der Waals surface area contributed by atoms with E-state index in [0.29, 0.717) is 0 Å². The van der Waals surface area contributed by atoms with Gasteiger partial charge in [0.1, 0.15) is 24.2 Å². The summed E-state index contributed by atoms with van der Waals surface area (Å²) in [6.07, 6.45) is -0.452. The largest absolute Gasteiger partial charge is 0.481 e. The Labute approximate surface area is 180 Å². The van der Waals surface area contributed by atoms with Gasteiger partial charge in [-0.2, -0.15) is 0 Å². The van der Waals surface area contributed by atoms with Crippen molar-refractivity contribution in [2.45, 2.75) is 71.1 Å². The second-order valence-electron chi connectivity index (χ2n) is 8.17. The molecule has 0 rings (SSSR count). The van der Waals surface area contributed by atoms with Crippen LogP contribution in [0.25, 0.3) is 0 Å². The Bertz CT molecular complexity index is 653. The van der Waals surface area contributed by atoms with Crippen molar-refractivity contribution in [1.82, 2.24) is 16.0 Å². The summed E-state index contributed by atoms with van der Waals surface area (Å²) >= 11 is 0. The van der Waals surface area contributed by atoms with Crippen molar-refractivity contribution < 1.29 is 39.3 Å². The molecule has 4 unspecified atom stereocenters. The van der Waals surface area contributed by atoms with Crippen LogP contribution in [0.5, 0.6) is 0 Å². The zero-order valence-corrected chi connectivity index (χ0v) is 18.3. The highest BCUT2D eigenvalue weighted by atomic mass is 16.4. The van der Waals surface area contributed by atoms with Crippen molar-refractivity contribution in [3.63, 3.8) is 0 Å². The lowest BCUT2D eigenvalue weighted by molar-refractivity contribution is -0.143. The minimum Gasteiger partial charge on any atom is -0.481 e. The van der Waals surface area contributed by atoms with Gasteiger partial charge in [-0.3, -0.25) is 19.2 Å². The van der Waals surface area contributed by atoms with E-state index in [9.17, 15) is 29.1 Å². The van der Waals surface area contributed by atoms with Crippen LogP contribution in [0, 0.1) is 11.8 Å². The summed E-state index contributed by atoms with van der Waals surface area (Å²) in [5.41, 5.74) is 5.37. The highest BCUT2D eigenvalue weighted by Crippen LogP contribution is 2.09. The molecule has 3 amide bonds. The first kappa shape index (κ1) is 28.3. The first-order chi connectivity index (χ1) is 14.3. The van der Waals surface area contributed by atoms with E-state index in [1.807, 2.05) is 0 Å². The van der Waals surface area contributed by atoms with Crippen LogP contribution in [0.15, 0.2) is 0 Å². The number of aliphatic hydroxyl groups excluding tert-OH is 1. The molecule has 0 spiro atoms. The second-order valence-corrected chi connectivity index (χ2v) is 8.17. The number of rotatable bonds is 14. The molecule has 12 nitrogen and oxygen atoms in total. The number of aliphatic hydroxyl groups is 1. The summed E-state index contributed by atoms with van der Waals surface area (Å²) < 4.78 is 0. The maximum atomic E-state index is 12.7. The number of nitrogens with two attached hydrogens (primary N) is 1. The lowest BCUT2D eigenvalue weighted by Crippen LogP contribution is -2.58. The quantitative estimate of drug-likeness (QED) is 0.164. The van der Waals surface area contributed by atoms with Crippen LogP contribution in [-0.2, 0) is 24.0 Å². The van der Waals surface area contributed by atoms with Gasteiger partial charge in [0, 0.05) is 0 Å². The monoisotopic (exact) mass is 446 g/mol. The first-order valence-electron chi connectivity index (χ1n) is 10.0. The number of amides is 3. The summed E-state index contributed by atoms with van der Waals surface area (Å²) in [4.78, 5) is 59.7. The van der Waals surface area contributed by atoms with Gasteiger partial charge in [0.2, 0.25) is 17.7 Å². The Morgan fingerprint density at radius 1 is 0.742 bits per heavy atom. The van der Waals surface area contributed by atoms with Crippen molar-refractivity contribution in [3.05, 3.63) is 0 Å². The average molecular weight is 447 g/mol. The third-order valence-corrected chi connectivity index (χ3v) is 4.21. The van der Waals surface area contributed by atoms with Crippen LogP contribution in [-0.4, -0.2) is 75.8 Å². The topological polar surface area (TPSA) is 208 Å². The fraction of sp³-hybridized carbons (Fsp3) is 0.737. The van der Waals surface area contributed by atoms with Gasteiger partial charge >= 0.3 is 11.9 Å². The SMILES string of the molecule is CC(C)CC(NC(=O)C(CC(C)C)NC(=O)C(CC(=O)O)NC(=O)C(N)CO)C(=O)O. The molecule has 0 radical (unpaired) electrons. The molecular weight excluding hydrogens is 412 g/mol. The van der Waals surface area contributed by atoms with Gasteiger partial charge in [0.25, 0.3) is 0 Å². The minimum atomic E-state index is -1.55. The highest BCUT2D eigenvalue weighted by Gasteiger charge is 2.31. The molecule has 0 aromatic rings. The predicted octanol–water partition coefficient (Wildman–Crippen LogP) is -1.59. The number of hydrogen-bond acceptors (Lipinski definition) is 7. The van der Waals surface area contributed by atoms with Crippen molar-refractivity contribution in [2.75, 3.05) is 6.61 Å². The Kier molecular flexibility index (Phi) is 12.4. The van der Waals surface area contributed by atoms with Crippen LogP contribution in [0.3, 0.4) is 0 Å². The average Bonchev–Trinajstić information content (AvgIpc) is 2.64. The Hall–Kier alpha value is -2.73. The summed E-state index contributed by atoms with van der Waals surface area (Å²) in [5, 5.41) is 34.2. The van der Waals surface area contributed by atoms with Crippen LogP contribution >= 0.6 is 0 Å². The zero-order chi connectivity index (χ0) is 24.3. The van der Waals surface area contributed by atoms with E-state index in [1.165, 1.54) is 0 Å². The number of nitrogens with one attached hydrogen (secondary N) is 3. The first-order valence-corrected chi connectivity index (χ1v) is 10.0. The molecule has 0 aromatic heterocycles. The number of carboxylic acid groups (broad SMARTS) is 2. The Morgan fingerprint density at radius 3 is 1.58 bits per heavy atom. The normalized spacial score (nSPS) is 15.0. The van der Waals surface area contributed by atoms with Crippen LogP contribution in [0.2, 0.25) is 0 Å². The van der Waals surface area contributed by atoms with Gasteiger partial charge < -0.3 is 37.0 Å². The fourth-order valence-corrected chi connectivity index (χ4v) is 2.69. The van der Waals surface area contributed by atoms with Gasteiger partial charge in [-0.05, 0) is 24.7 Å². The molecule has 0 aromatic carbocycles. The molecule has 0 saturated heterocycles. The maximum Gasteiger partial charge on any atom is 0.326 e. The molecule has 12 heteroatoms. The van der Waals surface area contributed by atoms with Crippen LogP contribution in [0.1, 0.15) is 47.0 Å². The van der Waals surface area contributed by atoms with Crippen LogP contribution < -0.4 is 21.7 Å². The molecule has 0 bridgehead atoms. The third-order valence-electron chi connectivity index (χ3n) is 4.21. The molecule has 0 heterocycles. The van der Waals surface area contributed by atoms with Gasteiger partial charge in [0.15, 0.2) is 0 Å². The smallest absolute Gasteiger partial charge is 0.326 e. The maximum absolute atomic E-state index is 12.7. The number of carbonyl (C=O) groups is 5. The van der Waals surface area contributed by atoms with Gasteiger partial charge in [-0.15, -0.1) is 0 Å². The van der Waals surface area contributed by atoms with E-state index in [4.69, 9.17) is 15.9 Å². The van der Waals surface area contributed by atoms with E-state index in [0.717, 1.165) is 0 Å². The molecule has 31 heavy (non-hydrogen) atoms. The molecule has 0 aliphatic carbocycles. The van der Waals surface area contributed by atoms with Crippen molar-refractivity contribution in [1.29, 1.82) is 0 Å². The number of carbonyl (C=O) groups excluding carboxylic acids is 3. The minimum absolute atomic E-state index is 0.00886. The molecule has 0 aliphatic rings. The Morgan fingerprint density at radius 2 is 1.16 bits per heavy atom. The summed E-state index contributed by atoms with van der Waals surface area (Å²) in [7, 11) is 0. The molecule has 4 atom stereocenters. The van der Waals surface area contributed by atoms with Crippen LogP contribution in [0.4, 0.5) is 0 Å². The van der Waals surface area contributed by atoms with E-state index >= 15 is 0 Å². The molecule has 178 valence electrons. The van der Waals surface area contributed by atoms with Crippen molar-refractivity contribution in [3.8, 4) is 0 Å². The molecule has 0 aliphatic heterocycles. The van der Waals surface area contributed by atoms with E-state index in [-0.39, 0.29) is 24.7 Å². The van der Waals surface area contributed by atoms with Gasteiger partial charge in [-0.1, -0.05) is 27.7 Å². The predicted molar refractivity (Wildman–Crippen MR) is 110 cm³/mol. The van der Waals surface area contributed by atoms with E-state index in [1.54, 1.807) is 27.7 Å². The highest BCUT2D eigenvalue weighted by molar-refractivity contribution is 5.95. The summed E-state index contributed by atoms with van der Waals surface area (Å²) in [6, 6.07) is -5.21. The lowest BCUT2D eigenvalue weighted by Gasteiger charge is -2.26. The van der Waals surface area contributed by atoms with Crippen molar-refractivity contribution >= 4 is 29.7 Å². The summed E-state index contributed by atoms with van der Waals surface area (Å²) in [6.45, 7) is 6.45. The van der Waals surface area contributed by atoms with Gasteiger partial charge in [0.05, 0.1) is 13.0 Å². The third kappa shape index (κ3) is 11.3. The molecule has 8 N–H and O–H groups in total. The lowest BCUT2D eigenvalue weighted by atomic mass is 10.00. The number of aliphatic carboxylic acids is 2. The summed E-state index contributed by atoms with van der Waals surface area (Å²) in [5.74, 6) is -5.29. The molecule has 0 fully saturated rings. The number of carboxylic acids is 2. The standard InChI is InChI=1S/C19H34N4O8/c1-9(2)5-12(17(28)23-14(19(30)31)6-10(3)4)22-18(29)13(7-15(25)26)21-16(27)11(20)8-24/h9-14,24H,5-8,20H2,1-4H3,(H,21,27)(H,22,29)(H,23,28)(H,25,26)(H,30,31). The zero-order valence-electron chi connectivity index (χ0n) is 18.3. The Balaban J connectivity index is 5.48. The molecule has 0 saturated carbocycles. The fourth-order valence-electron chi connectivity index (χ4n) is 2.69. The van der Waals surface area contributed by atoms with E-state index < -0.39 is 66.9 Å². The van der Waals surface area contributed by atoms with Crippen molar-refractivity contribution in [2.24, 2.45) is 17.6 Å². The number of hydrogen-bond donors (Lipinski definition) is 7. The van der Waals surface area contributed by atoms with Gasteiger partial charge in [-0.25, -0.2) is 4.79 Å². The second kappa shape index (κ2) is 13.5.